The summed E-state index contributed by atoms with van der Waals surface area (Å²) >= 11 is 0. The smallest absolute Gasteiger partial charge is 0.243 e. The van der Waals surface area contributed by atoms with Gasteiger partial charge in [-0.3, -0.25) is 0 Å². The summed E-state index contributed by atoms with van der Waals surface area (Å²) in [5, 5.41) is 8.70. The number of anilines is 1. The largest absolute Gasteiger partial charge is 0.354 e. The molecule has 11 heteroatoms. The minimum absolute atomic E-state index is 0.279. The molecule has 176 valence electrons. The Morgan fingerprint density at radius 1 is 0.882 bits per heavy atom. The number of benzene rings is 1. The van der Waals surface area contributed by atoms with E-state index in [1.165, 1.54) is 4.31 Å². The summed E-state index contributed by atoms with van der Waals surface area (Å²) in [6.45, 7) is 7.62. The van der Waals surface area contributed by atoms with Crippen molar-refractivity contribution in [3.63, 3.8) is 0 Å². The lowest BCUT2D eigenvalue weighted by Crippen LogP contribution is -2.49. The van der Waals surface area contributed by atoms with E-state index in [9.17, 15) is 8.42 Å². The van der Waals surface area contributed by atoms with Crippen molar-refractivity contribution in [2.75, 3.05) is 31.1 Å². The maximum Gasteiger partial charge on any atom is 0.243 e. The van der Waals surface area contributed by atoms with Gasteiger partial charge in [0.2, 0.25) is 10.0 Å². The third-order valence-corrected chi connectivity index (χ3v) is 7.76. The van der Waals surface area contributed by atoms with E-state index in [2.05, 4.69) is 25.1 Å². The zero-order valence-electron chi connectivity index (χ0n) is 19.3. The van der Waals surface area contributed by atoms with Gasteiger partial charge in [0.05, 0.1) is 16.3 Å². The van der Waals surface area contributed by atoms with E-state index in [0.717, 1.165) is 22.9 Å². The fourth-order valence-electron chi connectivity index (χ4n) is 4.17. The van der Waals surface area contributed by atoms with Crippen LogP contribution in [0.1, 0.15) is 17.2 Å². The van der Waals surface area contributed by atoms with Gasteiger partial charge in [0, 0.05) is 50.3 Å². The topological polar surface area (TPSA) is 102 Å². The Hall–Kier alpha value is -3.57. The molecular weight excluding hydrogens is 452 g/mol. The van der Waals surface area contributed by atoms with Crippen molar-refractivity contribution in [3.05, 3.63) is 72.1 Å². The monoisotopic (exact) mass is 478 g/mol. The molecule has 0 saturated carbocycles. The molecule has 1 aliphatic rings. The Balaban J connectivity index is 1.31. The third kappa shape index (κ3) is 4.19. The van der Waals surface area contributed by atoms with Gasteiger partial charge in [0.25, 0.3) is 0 Å². The molecule has 34 heavy (non-hydrogen) atoms. The highest BCUT2D eigenvalue weighted by molar-refractivity contribution is 7.89. The van der Waals surface area contributed by atoms with E-state index in [1.807, 2.05) is 45.2 Å². The summed E-state index contributed by atoms with van der Waals surface area (Å²) in [4.78, 5) is 11.5. The molecule has 0 N–H and O–H groups in total. The molecule has 0 aliphatic carbocycles. The van der Waals surface area contributed by atoms with Crippen molar-refractivity contribution in [2.45, 2.75) is 25.7 Å². The molecule has 0 bridgehead atoms. The summed E-state index contributed by atoms with van der Waals surface area (Å²) in [7, 11) is -3.59. The highest BCUT2D eigenvalue weighted by atomic mass is 32.2. The van der Waals surface area contributed by atoms with E-state index in [4.69, 9.17) is 0 Å². The van der Waals surface area contributed by atoms with Crippen LogP contribution in [0, 0.1) is 20.8 Å². The molecule has 0 radical (unpaired) electrons. The van der Waals surface area contributed by atoms with E-state index in [1.54, 1.807) is 39.8 Å². The lowest BCUT2D eigenvalue weighted by Gasteiger charge is -2.34. The molecule has 0 atom stereocenters. The van der Waals surface area contributed by atoms with Crippen LogP contribution in [0.25, 0.3) is 11.5 Å². The first-order valence-corrected chi connectivity index (χ1v) is 12.5. The number of sulfonamides is 1. The number of aromatic nitrogens is 6. The fraction of sp³-hybridized carbons (Fsp3) is 0.304. The van der Waals surface area contributed by atoms with Gasteiger partial charge in [-0.25, -0.2) is 27.7 Å². The fourth-order valence-corrected chi connectivity index (χ4v) is 5.59. The molecular formula is C23H26N8O2S. The average molecular weight is 479 g/mol. The first-order valence-electron chi connectivity index (χ1n) is 11.1. The van der Waals surface area contributed by atoms with Gasteiger partial charge >= 0.3 is 0 Å². The zero-order chi connectivity index (χ0) is 23.9. The number of nitrogens with zero attached hydrogens (tertiary/aromatic N) is 8. The standard InChI is InChI=1S/C23H26N8O2S/c1-17-15-18(2)31(27-17)23-16-22(25-19(3)26-23)28-11-13-29(14-12-28)34(32,33)21-7-5-20(6-8-21)30-10-4-9-24-30/h4-10,15-16H,11-14H2,1-3H3. The van der Waals surface area contributed by atoms with Crippen LogP contribution in [-0.4, -0.2) is 68.4 Å². The molecule has 0 spiro atoms. The Labute approximate surface area is 198 Å². The van der Waals surface area contributed by atoms with Crippen LogP contribution in [-0.2, 0) is 10.0 Å². The van der Waals surface area contributed by atoms with Gasteiger partial charge in [-0.1, -0.05) is 0 Å². The summed E-state index contributed by atoms with van der Waals surface area (Å²) in [6, 6.07) is 12.5. The van der Waals surface area contributed by atoms with Gasteiger partial charge in [-0.05, 0) is 57.2 Å². The van der Waals surface area contributed by atoms with Gasteiger partial charge < -0.3 is 4.90 Å². The summed E-state index contributed by atoms with van der Waals surface area (Å²) in [5.41, 5.74) is 2.73. The van der Waals surface area contributed by atoms with Crippen LogP contribution in [0.2, 0.25) is 0 Å². The second-order valence-electron chi connectivity index (χ2n) is 8.31. The second-order valence-corrected chi connectivity index (χ2v) is 10.2. The Bertz CT molecular complexity index is 1400. The van der Waals surface area contributed by atoms with Crippen LogP contribution in [0.4, 0.5) is 5.82 Å². The molecule has 5 rings (SSSR count). The summed E-state index contributed by atoms with van der Waals surface area (Å²) < 4.78 is 31.4. The van der Waals surface area contributed by atoms with Crippen LogP contribution in [0.3, 0.4) is 0 Å². The number of hydrogen-bond donors (Lipinski definition) is 0. The minimum Gasteiger partial charge on any atom is -0.354 e. The Morgan fingerprint density at radius 2 is 1.59 bits per heavy atom. The minimum atomic E-state index is -3.59. The molecule has 1 fully saturated rings. The highest BCUT2D eigenvalue weighted by Crippen LogP contribution is 2.23. The number of rotatable bonds is 5. The van der Waals surface area contributed by atoms with Crippen molar-refractivity contribution >= 4 is 15.8 Å². The third-order valence-electron chi connectivity index (χ3n) is 5.84. The molecule has 3 aromatic heterocycles. The zero-order valence-corrected chi connectivity index (χ0v) is 20.1. The number of piperazine rings is 1. The molecule has 0 amide bonds. The molecule has 4 aromatic rings. The number of aryl methyl sites for hydroxylation is 3. The molecule has 1 aliphatic heterocycles. The summed E-state index contributed by atoms with van der Waals surface area (Å²) in [6.07, 6.45) is 3.50. The van der Waals surface area contributed by atoms with E-state index in [0.29, 0.717) is 37.8 Å². The van der Waals surface area contributed by atoms with Crippen molar-refractivity contribution in [1.29, 1.82) is 0 Å². The summed E-state index contributed by atoms with van der Waals surface area (Å²) in [5.74, 6) is 2.13. The lowest BCUT2D eigenvalue weighted by molar-refractivity contribution is 0.383. The van der Waals surface area contributed by atoms with Crippen LogP contribution in [0.15, 0.2) is 59.8 Å². The van der Waals surface area contributed by atoms with Crippen LogP contribution in [0.5, 0.6) is 0 Å². The predicted molar refractivity (Wildman–Crippen MR) is 128 cm³/mol. The van der Waals surface area contributed by atoms with Crippen LogP contribution < -0.4 is 4.90 Å². The van der Waals surface area contributed by atoms with E-state index >= 15 is 0 Å². The average Bonchev–Trinajstić information content (AvgIpc) is 3.48. The number of hydrogen-bond acceptors (Lipinski definition) is 7. The second kappa shape index (κ2) is 8.65. The molecule has 1 saturated heterocycles. The molecule has 1 aromatic carbocycles. The van der Waals surface area contributed by atoms with Crippen molar-refractivity contribution in [1.82, 2.24) is 33.8 Å². The first kappa shape index (κ1) is 22.2. The normalized spacial score (nSPS) is 15.1. The van der Waals surface area contributed by atoms with E-state index in [-0.39, 0.29) is 4.90 Å². The Morgan fingerprint density at radius 3 is 2.21 bits per heavy atom. The van der Waals surface area contributed by atoms with Gasteiger partial charge in [-0.15, -0.1) is 0 Å². The Kier molecular flexibility index (Phi) is 5.66. The SMILES string of the molecule is Cc1cc(C)n(-c2cc(N3CCN(S(=O)(=O)c4ccc(-n5cccn5)cc4)CC3)nc(C)n2)n1. The highest BCUT2D eigenvalue weighted by Gasteiger charge is 2.29. The molecule has 10 nitrogen and oxygen atoms in total. The van der Waals surface area contributed by atoms with Gasteiger partial charge in [0.1, 0.15) is 11.6 Å². The van der Waals surface area contributed by atoms with E-state index < -0.39 is 10.0 Å². The van der Waals surface area contributed by atoms with Crippen molar-refractivity contribution < 1.29 is 8.42 Å². The molecule has 0 unspecified atom stereocenters. The van der Waals surface area contributed by atoms with Crippen molar-refractivity contribution in [3.8, 4) is 11.5 Å². The maximum atomic E-state index is 13.2. The molecule has 4 heterocycles. The predicted octanol–water partition coefficient (Wildman–Crippen LogP) is 2.28. The maximum absolute atomic E-state index is 13.2. The van der Waals surface area contributed by atoms with Gasteiger partial charge in [-0.2, -0.15) is 14.5 Å². The first-order chi connectivity index (χ1) is 16.3. The lowest BCUT2D eigenvalue weighted by atomic mass is 10.3. The van der Waals surface area contributed by atoms with Gasteiger partial charge in [0.15, 0.2) is 5.82 Å². The van der Waals surface area contributed by atoms with Crippen LogP contribution >= 0.6 is 0 Å². The van der Waals surface area contributed by atoms with Crippen molar-refractivity contribution in [2.24, 2.45) is 0 Å². The quantitative estimate of drug-likeness (QED) is 0.434.